The molecule has 0 radical (unpaired) electrons. The van der Waals surface area contributed by atoms with Gasteiger partial charge in [-0.1, -0.05) is 0 Å². The minimum absolute atomic E-state index is 0.00435. The predicted octanol–water partition coefficient (Wildman–Crippen LogP) is -1.37. The maximum absolute atomic E-state index is 11.5. The topological polar surface area (TPSA) is 101 Å². The number of aliphatic hydroxyl groups is 2. The van der Waals surface area contributed by atoms with Gasteiger partial charge in [0.15, 0.2) is 9.84 Å². The fourth-order valence-electron chi connectivity index (χ4n) is 1.90. The molecule has 1 aliphatic carbocycles. The maximum atomic E-state index is 11.5. The summed E-state index contributed by atoms with van der Waals surface area (Å²) in [4.78, 5) is 0. The van der Waals surface area contributed by atoms with Gasteiger partial charge in [0.05, 0.1) is 17.0 Å². The first kappa shape index (κ1) is 11.9. The van der Waals surface area contributed by atoms with Crippen LogP contribution in [0.3, 0.4) is 0 Å². The Labute approximate surface area is 83.8 Å². The lowest BCUT2D eigenvalue weighted by molar-refractivity contribution is -0.0191. The average molecular weight is 223 g/mol. The van der Waals surface area contributed by atoms with Crippen LogP contribution >= 0.6 is 0 Å². The highest BCUT2D eigenvalue weighted by molar-refractivity contribution is 7.92. The first-order valence-corrected chi connectivity index (χ1v) is 6.47. The summed E-state index contributed by atoms with van der Waals surface area (Å²) in [6.45, 7) is -0.00435. The Morgan fingerprint density at radius 1 is 1.43 bits per heavy atom. The number of aliphatic hydroxyl groups excluding tert-OH is 2. The van der Waals surface area contributed by atoms with E-state index >= 15 is 0 Å². The third kappa shape index (κ3) is 1.93. The van der Waals surface area contributed by atoms with Gasteiger partial charge in [0.25, 0.3) is 0 Å². The summed E-state index contributed by atoms with van der Waals surface area (Å²) in [6, 6.07) is 0. The van der Waals surface area contributed by atoms with Gasteiger partial charge in [-0.15, -0.1) is 0 Å². The molecular weight excluding hydrogens is 206 g/mol. The smallest absolute Gasteiger partial charge is 0.154 e. The van der Waals surface area contributed by atoms with E-state index in [0.29, 0.717) is 6.42 Å². The molecule has 0 bridgehead atoms. The number of nitrogens with two attached hydrogens (primary N) is 1. The van der Waals surface area contributed by atoms with E-state index in [0.717, 1.165) is 6.26 Å². The zero-order chi connectivity index (χ0) is 11.0. The fraction of sp³-hybridized carbons (Fsp3) is 1.00. The maximum Gasteiger partial charge on any atom is 0.154 e. The van der Waals surface area contributed by atoms with Gasteiger partial charge in [0.2, 0.25) is 0 Å². The predicted molar refractivity (Wildman–Crippen MR) is 52.5 cm³/mol. The van der Waals surface area contributed by atoms with Gasteiger partial charge in [-0.25, -0.2) is 8.42 Å². The Bertz CT molecular complexity index is 302. The van der Waals surface area contributed by atoms with Crippen molar-refractivity contribution >= 4 is 9.84 Å². The van der Waals surface area contributed by atoms with Crippen molar-refractivity contribution in [3.05, 3.63) is 0 Å². The molecule has 0 spiro atoms. The number of sulfone groups is 1. The van der Waals surface area contributed by atoms with E-state index in [4.69, 9.17) is 5.73 Å². The molecule has 1 aliphatic rings. The van der Waals surface area contributed by atoms with Gasteiger partial charge in [-0.3, -0.25) is 0 Å². The van der Waals surface area contributed by atoms with Crippen LogP contribution < -0.4 is 5.73 Å². The molecule has 0 saturated heterocycles. The lowest BCUT2D eigenvalue weighted by atomic mass is 9.84. The standard InChI is InChI=1S/C8H17NO4S/c1-14(12,13)8(5-9)3-2-6(10)7(11)4-8/h6-7,10-11H,2-5,9H2,1H3. The quantitative estimate of drug-likeness (QED) is 0.536. The van der Waals surface area contributed by atoms with Crippen LogP contribution in [0.2, 0.25) is 0 Å². The lowest BCUT2D eigenvalue weighted by Gasteiger charge is -2.38. The van der Waals surface area contributed by atoms with Crippen LogP contribution in [0.5, 0.6) is 0 Å². The molecule has 4 N–H and O–H groups in total. The van der Waals surface area contributed by atoms with E-state index in [2.05, 4.69) is 0 Å². The average Bonchev–Trinajstić information content (AvgIpc) is 2.08. The normalized spacial score (nSPS) is 39.7. The molecule has 3 atom stereocenters. The van der Waals surface area contributed by atoms with Gasteiger partial charge in [-0.2, -0.15) is 0 Å². The Morgan fingerprint density at radius 2 is 2.00 bits per heavy atom. The zero-order valence-corrected chi connectivity index (χ0v) is 9.00. The highest BCUT2D eigenvalue weighted by Crippen LogP contribution is 2.34. The van der Waals surface area contributed by atoms with Crippen molar-refractivity contribution in [1.29, 1.82) is 0 Å². The third-order valence-electron chi connectivity index (χ3n) is 3.08. The number of rotatable bonds is 2. The number of hydrogen-bond donors (Lipinski definition) is 3. The van der Waals surface area contributed by atoms with E-state index < -0.39 is 26.8 Å². The van der Waals surface area contributed by atoms with Crippen molar-refractivity contribution in [2.45, 2.75) is 36.2 Å². The lowest BCUT2D eigenvalue weighted by Crippen LogP contribution is -2.53. The molecule has 84 valence electrons. The van der Waals surface area contributed by atoms with Crippen molar-refractivity contribution in [1.82, 2.24) is 0 Å². The molecule has 0 amide bonds. The Balaban J connectivity index is 2.94. The van der Waals surface area contributed by atoms with Crippen molar-refractivity contribution in [3.8, 4) is 0 Å². The summed E-state index contributed by atoms with van der Waals surface area (Å²) in [5.74, 6) is 0. The molecule has 0 heterocycles. The first-order chi connectivity index (χ1) is 6.32. The summed E-state index contributed by atoms with van der Waals surface area (Å²) in [5, 5.41) is 18.7. The van der Waals surface area contributed by atoms with Crippen LogP contribution in [0.15, 0.2) is 0 Å². The largest absolute Gasteiger partial charge is 0.390 e. The third-order valence-corrected chi connectivity index (χ3v) is 5.19. The zero-order valence-electron chi connectivity index (χ0n) is 8.18. The molecule has 6 heteroatoms. The van der Waals surface area contributed by atoms with Crippen LogP contribution in [0, 0.1) is 0 Å². The summed E-state index contributed by atoms with van der Waals surface area (Å²) in [7, 11) is -3.29. The second kappa shape index (κ2) is 3.77. The molecule has 14 heavy (non-hydrogen) atoms. The molecule has 5 nitrogen and oxygen atoms in total. The molecular formula is C8H17NO4S. The highest BCUT2D eigenvalue weighted by Gasteiger charge is 2.46. The molecule has 0 aromatic carbocycles. The minimum atomic E-state index is -3.29. The van der Waals surface area contributed by atoms with Crippen molar-refractivity contribution in [2.24, 2.45) is 5.73 Å². The monoisotopic (exact) mass is 223 g/mol. The second-order valence-corrected chi connectivity index (χ2v) is 6.45. The Hall–Kier alpha value is -0.170. The second-order valence-electron chi connectivity index (χ2n) is 4.04. The summed E-state index contributed by atoms with van der Waals surface area (Å²) in [5.41, 5.74) is 5.46. The van der Waals surface area contributed by atoms with Crippen molar-refractivity contribution < 1.29 is 18.6 Å². The molecule has 0 aliphatic heterocycles. The van der Waals surface area contributed by atoms with E-state index in [1.807, 2.05) is 0 Å². The summed E-state index contributed by atoms with van der Waals surface area (Å²) >= 11 is 0. The van der Waals surface area contributed by atoms with Crippen LogP contribution in [-0.2, 0) is 9.84 Å². The van der Waals surface area contributed by atoms with Gasteiger partial charge in [0.1, 0.15) is 0 Å². The Morgan fingerprint density at radius 3 is 2.36 bits per heavy atom. The van der Waals surface area contributed by atoms with Crippen LogP contribution in [0.4, 0.5) is 0 Å². The Kier molecular flexibility index (Phi) is 3.20. The van der Waals surface area contributed by atoms with Crippen LogP contribution in [-0.4, -0.2) is 48.4 Å². The van der Waals surface area contributed by atoms with E-state index in [-0.39, 0.29) is 19.4 Å². The SMILES string of the molecule is CS(=O)(=O)C1(CN)CCC(O)C(O)C1. The molecule has 1 fully saturated rings. The van der Waals surface area contributed by atoms with Gasteiger partial charge < -0.3 is 15.9 Å². The molecule has 1 rings (SSSR count). The summed E-state index contributed by atoms with van der Waals surface area (Å²) in [6.07, 6.45) is -0.0433. The number of hydrogen-bond acceptors (Lipinski definition) is 5. The summed E-state index contributed by atoms with van der Waals surface area (Å²) < 4.78 is 22.0. The van der Waals surface area contributed by atoms with Crippen LogP contribution in [0.1, 0.15) is 19.3 Å². The molecule has 0 aromatic heterocycles. The van der Waals surface area contributed by atoms with Gasteiger partial charge in [-0.05, 0) is 19.3 Å². The molecule has 3 unspecified atom stereocenters. The molecule has 1 saturated carbocycles. The van der Waals surface area contributed by atoms with E-state index in [1.165, 1.54) is 0 Å². The minimum Gasteiger partial charge on any atom is -0.390 e. The van der Waals surface area contributed by atoms with Gasteiger partial charge in [0, 0.05) is 12.8 Å². The van der Waals surface area contributed by atoms with Crippen molar-refractivity contribution in [3.63, 3.8) is 0 Å². The molecule has 0 aromatic rings. The first-order valence-electron chi connectivity index (χ1n) is 4.58. The van der Waals surface area contributed by atoms with Crippen molar-refractivity contribution in [2.75, 3.05) is 12.8 Å². The van der Waals surface area contributed by atoms with E-state index in [9.17, 15) is 18.6 Å². The van der Waals surface area contributed by atoms with Gasteiger partial charge >= 0.3 is 0 Å². The fourth-order valence-corrected chi connectivity index (χ4v) is 3.16. The van der Waals surface area contributed by atoms with Crippen LogP contribution in [0.25, 0.3) is 0 Å². The van der Waals surface area contributed by atoms with E-state index in [1.54, 1.807) is 0 Å². The highest BCUT2D eigenvalue weighted by atomic mass is 32.2.